The summed E-state index contributed by atoms with van der Waals surface area (Å²) >= 11 is 0. The number of hydrogen-bond acceptors (Lipinski definition) is 2. The Hall–Kier alpha value is -1.99. The first-order chi connectivity index (χ1) is 11.1. The second-order valence-electron chi connectivity index (χ2n) is 6.66. The van der Waals surface area contributed by atoms with Gasteiger partial charge in [-0.15, -0.1) is 13.2 Å². The minimum atomic E-state index is -4.81. The number of rotatable bonds is 2. The summed E-state index contributed by atoms with van der Waals surface area (Å²) in [6, 6.07) is 5.03. The number of carboxylic acid groups (broad SMARTS) is 1. The Morgan fingerprint density at radius 3 is 2.38 bits per heavy atom. The van der Waals surface area contributed by atoms with Crippen molar-refractivity contribution >= 4 is 6.09 Å². The molecule has 1 amide bonds. The molecule has 4 nitrogen and oxygen atoms in total. The summed E-state index contributed by atoms with van der Waals surface area (Å²) in [5, 5.41) is 8.95. The van der Waals surface area contributed by atoms with Gasteiger partial charge in [-0.05, 0) is 48.8 Å². The number of hydrogen-bond donors (Lipinski definition) is 1. The standard InChI is InChI=1S/C16H17F4NO3/c17-15(11-2-1-3-12(8-11)24-16(18,19)20)9-14(10-15)4-6-21(7-5-14)13(22)23/h1-3,8H,4-7,9-10H2,(H,22,23). The molecule has 8 heteroatoms. The van der Waals surface area contributed by atoms with Gasteiger partial charge >= 0.3 is 12.5 Å². The molecular weight excluding hydrogens is 330 g/mol. The average molecular weight is 347 g/mol. The summed E-state index contributed by atoms with van der Waals surface area (Å²) in [6.07, 6.45) is -4.25. The molecule has 0 bridgehead atoms. The maximum Gasteiger partial charge on any atom is 0.573 e. The highest BCUT2D eigenvalue weighted by molar-refractivity contribution is 5.65. The molecular formula is C16H17F4NO3. The monoisotopic (exact) mass is 347 g/mol. The molecule has 1 spiro atoms. The highest BCUT2D eigenvalue weighted by Crippen LogP contribution is 2.61. The largest absolute Gasteiger partial charge is 0.573 e. The third-order valence-electron chi connectivity index (χ3n) is 4.99. The Morgan fingerprint density at radius 1 is 1.21 bits per heavy atom. The van der Waals surface area contributed by atoms with Gasteiger partial charge in [0, 0.05) is 13.1 Å². The van der Waals surface area contributed by atoms with Gasteiger partial charge in [0.2, 0.25) is 0 Å². The van der Waals surface area contributed by atoms with Gasteiger partial charge in [0.1, 0.15) is 11.4 Å². The molecule has 1 heterocycles. The second kappa shape index (κ2) is 5.53. The van der Waals surface area contributed by atoms with Crippen LogP contribution in [0, 0.1) is 5.41 Å². The van der Waals surface area contributed by atoms with Gasteiger partial charge in [-0.1, -0.05) is 12.1 Å². The molecule has 1 aliphatic heterocycles. The lowest BCUT2D eigenvalue weighted by Crippen LogP contribution is -2.53. The summed E-state index contributed by atoms with van der Waals surface area (Å²) in [4.78, 5) is 12.2. The highest BCUT2D eigenvalue weighted by Gasteiger charge is 2.57. The third kappa shape index (κ3) is 3.27. The van der Waals surface area contributed by atoms with Crippen molar-refractivity contribution in [3.63, 3.8) is 0 Å². The van der Waals surface area contributed by atoms with E-state index in [1.54, 1.807) is 0 Å². The van der Waals surface area contributed by atoms with Gasteiger partial charge in [-0.3, -0.25) is 0 Å². The van der Waals surface area contributed by atoms with Crippen LogP contribution in [0.1, 0.15) is 31.2 Å². The van der Waals surface area contributed by atoms with Crippen molar-refractivity contribution in [1.29, 1.82) is 0 Å². The zero-order valence-electron chi connectivity index (χ0n) is 12.8. The molecule has 1 N–H and O–H groups in total. The molecule has 2 aliphatic rings. The van der Waals surface area contributed by atoms with Gasteiger partial charge in [0.15, 0.2) is 0 Å². The molecule has 24 heavy (non-hydrogen) atoms. The number of nitrogens with zero attached hydrogens (tertiary/aromatic N) is 1. The fraction of sp³-hybridized carbons (Fsp3) is 0.562. The van der Waals surface area contributed by atoms with E-state index in [9.17, 15) is 18.0 Å². The van der Waals surface area contributed by atoms with E-state index in [0.717, 1.165) is 12.1 Å². The number of piperidine rings is 1. The molecule has 0 unspecified atom stereocenters. The van der Waals surface area contributed by atoms with Gasteiger partial charge in [-0.25, -0.2) is 9.18 Å². The first-order valence-corrected chi connectivity index (χ1v) is 7.64. The first-order valence-electron chi connectivity index (χ1n) is 7.64. The second-order valence-corrected chi connectivity index (χ2v) is 6.66. The maximum atomic E-state index is 15.1. The normalized spacial score (nSPS) is 22.1. The number of amides is 1. The Bertz CT molecular complexity index is 630. The van der Waals surface area contributed by atoms with Crippen LogP contribution in [0.25, 0.3) is 0 Å². The first kappa shape index (κ1) is 16.9. The zero-order chi connectivity index (χ0) is 17.6. The summed E-state index contributed by atoms with van der Waals surface area (Å²) in [6.45, 7) is 0.727. The van der Waals surface area contributed by atoms with Crippen molar-refractivity contribution in [3.05, 3.63) is 29.8 Å². The minimum absolute atomic E-state index is 0.176. The van der Waals surface area contributed by atoms with Crippen LogP contribution in [0.2, 0.25) is 0 Å². The fourth-order valence-electron chi connectivity index (χ4n) is 3.84. The van der Waals surface area contributed by atoms with Gasteiger partial charge in [0.25, 0.3) is 0 Å². The molecule has 1 aromatic rings. The molecule has 1 aromatic carbocycles. The number of benzene rings is 1. The van der Waals surface area contributed by atoms with E-state index in [2.05, 4.69) is 4.74 Å². The number of ether oxygens (including phenoxy) is 1. The van der Waals surface area contributed by atoms with E-state index < -0.39 is 23.9 Å². The van der Waals surface area contributed by atoms with E-state index >= 15 is 4.39 Å². The quantitative estimate of drug-likeness (QED) is 0.812. The number of carbonyl (C=O) groups is 1. The van der Waals surface area contributed by atoms with E-state index in [4.69, 9.17) is 5.11 Å². The van der Waals surface area contributed by atoms with E-state index in [-0.39, 0.29) is 23.8 Å². The SMILES string of the molecule is O=C(O)N1CCC2(CC1)CC(F)(c1cccc(OC(F)(F)F)c1)C2. The summed E-state index contributed by atoms with van der Waals surface area (Å²) in [7, 11) is 0. The molecule has 0 atom stereocenters. The molecule has 132 valence electrons. The Morgan fingerprint density at radius 2 is 1.83 bits per heavy atom. The van der Waals surface area contributed by atoms with Crippen molar-refractivity contribution in [2.24, 2.45) is 5.41 Å². The van der Waals surface area contributed by atoms with E-state index in [1.165, 1.54) is 17.0 Å². The van der Waals surface area contributed by atoms with Crippen molar-refractivity contribution < 1.29 is 32.2 Å². The van der Waals surface area contributed by atoms with Crippen LogP contribution in [0.5, 0.6) is 5.75 Å². The van der Waals surface area contributed by atoms with Crippen LogP contribution in [-0.4, -0.2) is 35.6 Å². The van der Waals surface area contributed by atoms with Crippen LogP contribution in [0.15, 0.2) is 24.3 Å². The molecule has 2 fully saturated rings. The van der Waals surface area contributed by atoms with Crippen molar-refractivity contribution in [1.82, 2.24) is 4.90 Å². The van der Waals surface area contributed by atoms with Crippen LogP contribution in [0.4, 0.5) is 22.4 Å². The molecule has 3 rings (SSSR count). The molecule has 1 saturated carbocycles. The number of halogens is 4. The average Bonchev–Trinajstić information content (AvgIpc) is 2.44. The topological polar surface area (TPSA) is 49.8 Å². The van der Waals surface area contributed by atoms with Crippen molar-refractivity contribution in [2.45, 2.75) is 37.7 Å². The van der Waals surface area contributed by atoms with E-state index in [1.807, 2.05) is 0 Å². The Labute approximate surface area is 136 Å². The smallest absolute Gasteiger partial charge is 0.465 e. The van der Waals surface area contributed by atoms with Crippen molar-refractivity contribution in [2.75, 3.05) is 13.1 Å². The zero-order valence-corrected chi connectivity index (χ0v) is 12.8. The summed E-state index contributed by atoms with van der Waals surface area (Å²) in [5.41, 5.74) is -1.77. The molecule has 0 radical (unpaired) electrons. The summed E-state index contributed by atoms with van der Waals surface area (Å²) < 4.78 is 55.8. The number of likely N-dealkylation sites (tertiary alicyclic amines) is 1. The lowest BCUT2D eigenvalue weighted by molar-refractivity contribution is -0.274. The molecule has 1 aliphatic carbocycles. The number of alkyl halides is 4. The van der Waals surface area contributed by atoms with Crippen LogP contribution < -0.4 is 4.74 Å². The van der Waals surface area contributed by atoms with Crippen LogP contribution in [-0.2, 0) is 5.67 Å². The predicted molar refractivity (Wildman–Crippen MR) is 76.4 cm³/mol. The lowest BCUT2D eigenvalue weighted by atomic mass is 9.54. The lowest BCUT2D eigenvalue weighted by Gasteiger charge is -2.55. The van der Waals surface area contributed by atoms with Crippen LogP contribution >= 0.6 is 0 Å². The molecule has 1 saturated heterocycles. The van der Waals surface area contributed by atoms with Crippen molar-refractivity contribution in [3.8, 4) is 5.75 Å². The fourth-order valence-corrected chi connectivity index (χ4v) is 3.84. The Balaban J connectivity index is 1.67. The third-order valence-corrected chi connectivity index (χ3v) is 4.99. The van der Waals surface area contributed by atoms with E-state index in [0.29, 0.717) is 25.9 Å². The minimum Gasteiger partial charge on any atom is -0.465 e. The molecule has 0 aromatic heterocycles. The van der Waals surface area contributed by atoms with Gasteiger partial charge in [0.05, 0.1) is 0 Å². The van der Waals surface area contributed by atoms with Gasteiger partial charge in [-0.2, -0.15) is 0 Å². The van der Waals surface area contributed by atoms with Crippen LogP contribution in [0.3, 0.4) is 0 Å². The predicted octanol–water partition coefficient (Wildman–Crippen LogP) is 4.30. The van der Waals surface area contributed by atoms with Gasteiger partial charge < -0.3 is 14.7 Å². The highest BCUT2D eigenvalue weighted by atomic mass is 19.4. The Kier molecular flexibility index (Phi) is 3.88. The summed E-state index contributed by atoms with van der Waals surface area (Å²) in [5.74, 6) is -0.432. The maximum absolute atomic E-state index is 15.1.